The van der Waals surface area contributed by atoms with Crippen LogP contribution in [0.4, 0.5) is 0 Å². The number of methoxy groups -OCH3 is 1. The standard InChI is InChI=1S/C14H23N3O3/c1-10-9-13(20-16-10)12-6-3-7-17(12)14(18)11(15)5-4-8-19-2/h9,11-12H,3-8,15H2,1-2H3. The summed E-state index contributed by atoms with van der Waals surface area (Å²) in [5.74, 6) is 0.759. The number of carbonyl (C=O) groups is 1. The van der Waals surface area contributed by atoms with Gasteiger partial charge in [0.05, 0.1) is 17.8 Å². The van der Waals surface area contributed by atoms with E-state index in [1.54, 1.807) is 7.11 Å². The third-order valence-electron chi connectivity index (χ3n) is 3.69. The van der Waals surface area contributed by atoms with Crippen LogP contribution in [-0.2, 0) is 9.53 Å². The van der Waals surface area contributed by atoms with Gasteiger partial charge in [-0.15, -0.1) is 0 Å². The molecule has 2 N–H and O–H groups in total. The van der Waals surface area contributed by atoms with Gasteiger partial charge in [0.15, 0.2) is 5.76 Å². The molecule has 1 aromatic heterocycles. The summed E-state index contributed by atoms with van der Waals surface area (Å²) in [4.78, 5) is 14.3. The Morgan fingerprint density at radius 2 is 2.50 bits per heavy atom. The highest BCUT2D eigenvalue weighted by molar-refractivity contribution is 5.82. The molecule has 0 saturated carbocycles. The van der Waals surface area contributed by atoms with E-state index in [1.807, 2.05) is 17.9 Å². The van der Waals surface area contributed by atoms with E-state index in [0.29, 0.717) is 13.0 Å². The second-order valence-corrected chi connectivity index (χ2v) is 5.30. The molecule has 0 bridgehead atoms. The Bertz CT molecular complexity index is 447. The molecule has 6 heteroatoms. The quantitative estimate of drug-likeness (QED) is 0.797. The summed E-state index contributed by atoms with van der Waals surface area (Å²) in [5.41, 5.74) is 6.83. The summed E-state index contributed by atoms with van der Waals surface area (Å²) in [6, 6.07) is 1.42. The van der Waals surface area contributed by atoms with E-state index in [4.69, 9.17) is 15.0 Å². The van der Waals surface area contributed by atoms with Crippen molar-refractivity contribution in [1.29, 1.82) is 0 Å². The Balaban J connectivity index is 1.97. The lowest BCUT2D eigenvalue weighted by atomic mass is 10.1. The van der Waals surface area contributed by atoms with E-state index in [-0.39, 0.29) is 11.9 Å². The molecule has 1 aliphatic rings. The zero-order valence-corrected chi connectivity index (χ0v) is 12.2. The van der Waals surface area contributed by atoms with Crippen LogP contribution in [0.1, 0.15) is 43.2 Å². The normalized spacial score (nSPS) is 20.4. The number of likely N-dealkylation sites (tertiary alicyclic amines) is 1. The van der Waals surface area contributed by atoms with Crippen LogP contribution in [0.25, 0.3) is 0 Å². The van der Waals surface area contributed by atoms with Crippen molar-refractivity contribution in [2.24, 2.45) is 5.73 Å². The van der Waals surface area contributed by atoms with Crippen molar-refractivity contribution in [3.05, 3.63) is 17.5 Å². The molecule has 0 spiro atoms. The fraction of sp³-hybridized carbons (Fsp3) is 0.714. The molecule has 1 saturated heterocycles. The minimum absolute atomic E-state index is 0.00217. The highest BCUT2D eigenvalue weighted by Gasteiger charge is 2.34. The molecule has 2 unspecified atom stereocenters. The number of hydrogen-bond donors (Lipinski definition) is 1. The monoisotopic (exact) mass is 281 g/mol. The lowest BCUT2D eigenvalue weighted by Gasteiger charge is -2.25. The minimum atomic E-state index is -0.463. The van der Waals surface area contributed by atoms with Crippen molar-refractivity contribution in [3.8, 4) is 0 Å². The van der Waals surface area contributed by atoms with E-state index in [0.717, 1.165) is 37.3 Å². The zero-order chi connectivity index (χ0) is 14.5. The second kappa shape index (κ2) is 6.85. The fourth-order valence-corrected chi connectivity index (χ4v) is 2.65. The van der Waals surface area contributed by atoms with Gasteiger partial charge in [-0.2, -0.15) is 0 Å². The maximum atomic E-state index is 12.4. The molecule has 20 heavy (non-hydrogen) atoms. The van der Waals surface area contributed by atoms with Gasteiger partial charge in [-0.1, -0.05) is 5.16 Å². The number of rotatable bonds is 6. The predicted octanol–water partition coefficient (Wildman–Crippen LogP) is 1.40. The van der Waals surface area contributed by atoms with Gasteiger partial charge in [0.2, 0.25) is 5.91 Å². The largest absolute Gasteiger partial charge is 0.385 e. The van der Waals surface area contributed by atoms with Crippen molar-refractivity contribution >= 4 is 5.91 Å². The maximum absolute atomic E-state index is 12.4. The highest BCUT2D eigenvalue weighted by Crippen LogP contribution is 2.32. The lowest BCUT2D eigenvalue weighted by molar-refractivity contribution is -0.134. The van der Waals surface area contributed by atoms with Crippen LogP contribution >= 0.6 is 0 Å². The summed E-state index contributed by atoms with van der Waals surface area (Å²) >= 11 is 0. The molecule has 1 aromatic rings. The molecule has 0 aliphatic carbocycles. The van der Waals surface area contributed by atoms with E-state index in [2.05, 4.69) is 5.16 Å². The van der Waals surface area contributed by atoms with Crippen LogP contribution in [0.2, 0.25) is 0 Å². The van der Waals surface area contributed by atoms with Gasteiger partial charge in [-0.3, -0.25) is 4.79 Å². The molecule has 2 atom stereocenters. The van der Waals surface area contributed by atoms with Crippen molar-refractivity contribution in [1.82, 2.24) is 10.1 Å². The smallest absolute Gasteiger partial charge is 0.240 e. The van der Waals surface area contributed by atoms with Crippen molar-refractivity contribution in [2.45, 2.75) is 44.7 Å². The van der Waals surface area contributed by atoms with Gasteiger partial charge in [0, 0.05) is 26.3 Å². The maximum Gasteiger partial charge on any atom is 0.240 e. The van der Waals surface area contributed by atoms with E-state index < -0.39 is 6.04 Å². The van der Waals surface area contributed by atoms with E-state index in [9.17, 15) is 4.79 Å². The summed E-state index contributed by atoms with van der Waals surface area (Å²) < 4.78 is 10.3. The van der Waals surface area contributed by atoms with Gasteiger partial charge >= 0.3 is 0 Å². The molecule has 0 aromatic carbocycles. The number of nitrogens with zero attached hydrogens (tertiary/aromatic N) is 2. The van der Waals surface area contributed by atoms with Crippen molar-refractivity contribution < 1.29 is 14.1 Å². The summed E-state index contributed by atoms with van der Waals surface area (Å²) in [5, 5.41) is 3.90. The molecule has 2 rings (SSSR count). The molecular weight excluding hydrogens is 258 g/mol. The summed E-state index contributed by atoms with van der Waals surface area (Å²) in [7, 11) is 1.65. The van der Waals surface area contributed by atoms with Gasteiger partial charge in [-0.05, 0) is 32.6 Å². The number of amides is 1. The number of aryl methyl sites for hydroxylation is 1. The zero-order valence-electron chi connectivity index (χ0n) is 12.2. The predicted molar refractivity (Wildman–Crippen MR) is 74.0 cm³/mol. The van der Waals surface area contributed by atoms with Crippen LogP contribution in [-0.4, -0.2) is 42.3 Å². The number of ether oxygens (including phenoxy) is 1. The first-order valence-electron chi connectivity index (χ1n) is 7.11. The number of hydrogen-bond acceptors (Lipinski definition) is 5. The molecule has 1 amide bonds. The van der Waals surface area contributed by atoms with Gasteiger partial charge in [-0.25, -0.2) is 0 Å². The summed E-state index contributed by atoms with van der Waals surface area (Å²) in [6.45, 7) is 3.25. The molecule has 1 fully saturated rings. The summed E-state index contributed by atoms with van der Waals surface area (Å²) in [6.07, 6.45) is 3.32. The average Bonchev–Trinajstić information content (AvgIpc) is 3.06. The Labute approximate surface area is 119 Å². The van der Waals surface area contributed by atoms with Crippen LogP contribution < -0.4 is 5.73 Å². The Morgan fingerprint density at radius 1 is 1.70 bits per heavy atom. The van der Waals surface area contributed by atoms with Crippen molar-refractivity contribution in [2.75, 3.05) is 20.3 Å². The third-order valence-corrected chi connectivity index (χ3v) is 3.69. The SMILES string of the molecule is COCCCC(N)C(=O)N1CCCC1c1cc(C)no1. The number of aromatic nitrogens is 1. The molecule has 0 radical (unpaired) electrons. The first-order valence-corrected chi connectivity index (χ1v) is 7.11. The Hall–Kier alpha value is -1.40. The molecule has 112 valence electrons. The fourth-order valence-electron chi connectivity index (χ4n) is 2.65. The van der Waals surface area contributed by atoms with Crippen LogP contribution in [0.5, 0.6) is 0 Å². The van der Waals surface area contributed by atoms with Crippen LogP contribution in [0.15, 0.2) is 10.6 Å². The average molecular weight is 281 g/mol. The van der Waals surface area contributed by atoms with E-state index in [1.165, 1.54) is 0 Å². The number of carbonyl (C=O) groups excluding carboxylic acids is 1. The number of nitrogens with two attached hydrogens (primary N) is 1. The Morgan fingerprint density at radius 3 is 3.15 bits per heavy atom. The lowest BCUT2D eigenvalue weighted by Crippen LogP contribution is -2.43. The van der Waals surface area contributed by atoms with E-state index >= 15 is 0 Å². The third kappa shape index (κ3) is 3.37. The van der Waals surface area contributed by atoms with Crippen LogP contribution in [0, 0.1) is 6.92 Å². The van der Waals surface area contributed by atoms with Crippen LogP contribution in [0.3, 0.4) is 0 Å². The second-order valence-electron chi connectivity index (χ2n) is 5.30. The minimum Gasteiger partial charge on any atom is -0.385 e. The molecule has 6 nitrogen and oxygen atoms in total. The topological polar surface area (TPSA) is 81.6 Å². The van der Waals surface area contributed by atoms with Gasteiger partial charge in [0.1, 0.15) is 0 Å². The first-order chi connectivity index (χ1) is 9.63. The van der Waals surface area contributed by atoms with Gasteiger partial charge in [0.25, 0.3) is 0 Å². The Kier molecular flexibility index (Phi) is 5.14. The highest BCUT2D eigenvalue weighted by atomic mass is 16.5. The molecule has 1 aliphatic heterocycles. The molecular formula is C14H23N3O3. The first kappa shape index (κ1) is 15.0. The molecule has 2 heterocycles. The van der Waals surface area contributed by atoms with Crippen molar-refractivity contribution in [3.63, 3.8) is 0 Å². The van der Waals surface area contributed by atoms with Gasteiger partial charge < -0.3 is 19.9 Å².